The highest BCUT2D eigenvalue weighted by Gasteiger charge is 2.27. The molecule has 0 saturated carbocycles. The van der Waals surface area contributed by atoms with E-state index in [9.17, 15) is 4.79 Å². The van der Waals surface area contributed by atoms with Gasteiger partial charge in [-0.1, -0.05) is 18.2 Å². The van der Waals surface area contributed by atoms with Gasteiger partial charge in [0.1, 0.15) is 6.04 Å². The normalized spacial score (nSPS) is 13.6. The minimum Gasteiger partial charge on any atom is -0.321 e. The molecule has 3 aromatic rings. The molecule has 0 aliphatic carbocycles. The Hall–Kier alpha value is -1.71. The number of rotatable bonds is 4. The molecule has 0 fully saturated rings. The summed E-state index contributed by atoms with van der Waals surface area (Å²) in [5, 5.41) is 1.69. The quantitative estimate of drug-likeness (QED) is 0.489. The van der Waals surface area contributed by atoms with Crippen LogP contribution in [0.2, 0.25) is 0 Å². The number of benzene rings is 2. The molecule has 1 atom stereocenters. The van der Waals surface area contributed by atoms with Gasteiger partial charge in [-0.3, -0.25) is 4.79 Å². The SMILES string of the molecule is CC[N+](C)(CC)C(C)c1ccc2sc3ccccc3c(=O)c2c1. The standard InChI is InChI=1S/C20H24NOS/c1-5-21(4,6-2)14(3)15-11-12-19-17(13-15)20(22)16-9-7-8-10-18(16)23-19/h7-14H,5-6H2,1-4H3/q+1. The number of hydrogen-bond donors (Lipinski definition) is 0. The zero-order valence-corrected chi connectivity index (χ0v) is 15.1. The summed E-state index contributed by atoms with van der Waals surface area (Å²) in [4.78, 5) is 12.9. The molecule has 2 aromatic carbocycles. The van der Waals surface area contributed by atoms with Gasteiger partial charge in [-0.15, -0.1) is 11.3 Å². The Morgan fingerprint density at radius 2 is 1.65 bits per heavy atom. The molecule has 3 heteroatoms. The van der Waals surface area contributed by atoms with E-state index in [-0.39, 0.29) is 5.43 Å². The topological polar surface area (TPSA) is 17.1 Å². The second kappa shape index (κ2) is 6.06. The third-order valence-corrected chi connectivity index (χ3v) is 6.61. The number of fused-ring (bicyclic) bond motifs is 2. The van der Waals surface area contributed by atoms with E-state index in [0.29, 0.717) is 6.04 Å². The second-order valence-electron chi connectivity index (χ2n) is 6.47. The lowest BCUT2D eigenvalue weighted by Gasteiger charge is -2.38. The van der Waals surface area contributed by atoms with Crippen molar-refractivity contribution in [2.75, 3.05) is 20.1 Å². The van der Waals surface area contributed by atoms with Crippen molar-refractivity contribution in [1.82, 2.24) is 0 Å². The van der Waals surface area contributed by atoms with E-state index in [1.165, 1.54) is 5.56 Å². The van der Waals surface area contributed by atoms with Crippen LogP contribution in [-0.2, 0) is 0 Å². The van der Waals surface area contributed by atoms with E-state index in [0.717, 1.165) is 37.7 Å². The first-order valence-corrected chi connectivity index (χ1v) is 9.11. The van der Waals surface area contributed by atoms with Gasteiger partial charge in [-0.05, 0) is 45.0 Å². The number of hydrogen-bond acceptors (Lipinski definition) is 2. The second-order valence-corrected chi connectivity index (χ2v) is 7.55. The highest BCUT2D eigenvalue weighted by molar-refractivity contribution is 7.24. The van der Waals surface area contributed by atoms with Crippen LogP contribution in [0.5, 0.6) is 0 Å². The van der Waals surface area contributed by atoms with Gasteiger partial charge in [0.2, 0.25) is 0 Å². The fraction of sp³-hybridized carbons (Fsp3) is 0.350. The third kappa shape index (κ3) is 2.68. The Morgan fingerprint density at radius 3 is 2.35 bits per heavy atom. The molecule has 0 radical (unpaired) electrons. The molecule has 120 valence electrons. The Morgan fingerprint density at radius 1 is 1.00 bits per heavy atom. The van der Waals surface area contributed by atoms with Crippen LogP contribution in [0.25, 0.3) is 20.2 Å². The zero-order chi connectivity index (χ0) is 16.6. The Labute approximate surface area is 141 Å². The van der Waals surface area contributed by atoms with Crippen LogP contribution in [-0.4, -0.2) is 24.6 Å². The fourth-order valence-electron chi connectivity index (χ4n) is 3.21. The van der Waals surface area contributed by atoms with Crippen LogP contribution < -0.4 is 5.43 Å². The lowest BCUT2D eigenvalue weighted by Crippen LogP contribution is -2.45. The van der Waals surface area contributed by atoms with E-state index < -0.39 is 0 Å². The van der Waals surface area contributed by atoms with Gasteiger partial charge >= 0.3 is 0 Å². The largest absolute Gasteiger partial charge is 0.321 e. The third-order valence-electron chi connectivity index (χ3n) is 5.46. The first-order chi connectivity index (χ1) is 11.0. The molecular weight excluding hydrogens is 302 g/mol. The van der Waals surface area contributed by atoms with Crippen molar-refractivity contribution in [1.29, 1.82) is 0 Å². The average Bonchev–Trinajstić information content (AvgIpc) is 2.60. The van der Waals surface area contributed by atoms with E-state index in [2.05, 4.69) is 46.0 Å². The fourth-order valence-corrected chi connectivity index (χ4v) is 4.26. The van der Waals surface area contributed by atoms with Crippen molar-refractivity contribution in [3.8, 4) is 0 Å². The minimum absolute atomic E-state index is 0.158. The summed E-state index contributed by atoms with van der Waals surface area (Å²) in [6.07, 6.45) is 0. The lowest BCUT2D eigenvalue weighted by atomic mass is 10.0. The van der Waals surface area contributed by atoms with E-state index >= 15 is 0 Å². The van der Waals surface area contributed by atoms with Crippen molar-refractivity contribution in [2.24, 2.45) is 0 Å². The van der Waals surface area contributed by atoms with Crippen LogP contribution in [0.3, 0.4) is 0 Å². The monoisotopic (exact) mass is 326 g/mol. The molecular formula is C20H24NOS+. The molecule has 2 nitrogen and oxygen atoms in total. The molecule has 0 bridgehead atoms. The van der Waals surface area contributed by atoms with Gasteiger partial charge in [0, 0.05) is 25.7 Å². The molecule has 3 rings (SSSR count). The maximum atomic E-state index is 12.9. The molecule has 1 unspecified atom stereocenters. The summed E-state index contributed by atoms with van der Waals surface area (Å²) < 4.78 is 3.12. The Bertz CT molecular complexity index is 908. The lowest BCUT2D eigenvalue weighted by molar-refractivity contribution is -0.934. The first-order valence-electron chi connectivity index (χ1n) is 8.30. The predicted octanol–water partition coefficient (Wildman–Crippen LogP) is 4.96. The van der Waals surface area contributed by atoms with Crippen molar-refractivity contribution < 1.29 is 4.48 Å². The van der Waals surface area contributed by atoms with Gasteiger partial charge in [-0.2, -0.15) is 0 Å². The van der Waals surface area contributed by atoms with Gasteiger partial charge in [-0.25, -0.2) is 0 Å². The summed E-state index contributed by atoms with van der Waals surface area (Å²) in [6, 6.07) is 14.7. The summed E-state index contributed by atoms with van der Waals surface area (Å²) in [5.74, 6) is 0. The Balaban J connectivity index is 2.21. The van der Waals surface area contributed by atoms with E-state index in [4.69, 9.17) is 0 Å². The van der Waals surface area contributed by atoms with E-state index in [1.54, 1.807) is 11.3 Å². The molecule has 1 heterocycles. The van der Waals surface area contributed by atoms with Crippen molar-refractivity contribution >= 4 is 31.5 Å². The molecule has 0 amide bonds. The zero-order valence-electron chi connectivity index (χ0n) is 14.3. The smallest absolute Gasteiger partial charge is 0.195 e. The minimum atomic E-state index is 0.158. The molecule has 0 N–H and O–H groups in total. The van der Waals surface area contributed by atoms with Crippen LogP contribution in [0.4, 0.5) is 0 Å². The molecule has 0 aliphatic rings. The van der Waals surface area contributed by atoms with Crippen LogP contribution in [0.1, 0.15) is 32.4 Å². The summed E-state index contributed by atoms with van der Waals surface area (Å²) in [5.41, 5.74) is 1.41. The maximum absolute atomic E-state index is 12.9. The van der Waals surface area contributed by atoms with Crippen molar-refractivity contribution in [3.63, 3.8) is 0 Å². The summed E-state index contributed by atoms with van der Waals surface area (Å²) in [7, 11) is 2.29. The maximum Gasteiger partial charge on any atom is 0.195 e. The Kier molecular flexibility index (Phi) is 4.26. The number of nitrogens with zero attached hydrogens (tertiary/aromatic N) is 1. The average molecular weight is 326 g/mol. The van der Waals surface area contributed by atoms with Crippen LogP contribution in [0.15, 0.2) is 47.3 Å². The van der Waals surface area contributed by atoms with Gasteiger partial charge < -0.3 is 4.48 Å². The van der Waals surface area contributed by atoms with Crippen LogP contribution in [0, 0.1) is 0 Å². The molecule has 0 spiro atoms. The van der Waals surface area contributed by atoms with Gasteiger partial charge in [0.15, 0.2) is 5.43 Å². The van der Waals surface area contributed by atoms with Gasteiger partial charge in [0.25, 0.3) is 0 Å². The predicted molar refractivity (Wildman–Crippen MR) is 101 cm³/mol. The molecule has 23 heavy (non-hydrogen) atoms. The van der Waals surface area contributed by atoms with E-state index in [1.807, 2.05) is 24.3 Å². The van der Waals surface area contributed by atoms with Gasteiger partial charge in [0.05, 0.1) is 20.1 Å². The number of quaternary nitrogens is 1. The van der Waals surface area contributed by atoms with Crippen molar-refractivity contribution in [3.05, 3.63) is 58.3 Å². The molecule has 0 saturated heterocycles. The highest BCUT2D eigenvalue weighted by atomic mass is 32.1. The van der Waals surface area contributed by atoms with Crippen LogP contribution >= 0.6 is 11.3 Å². The molecule has 1 aromatic heterocycles. The molecule has 0 aliphatic heterocycles. The highest BCUT2D eigenvalue weighted by Crippen LogP contribution is 2.30. The summed E-state index contributed by atoms with van der Waals surface area (Å²) in [6.45, 7) is 8.90. The first kappa shape index (κ1) is 16.2. The summed E-state index contributed by atoms with van der Waals surface area (Å²) >= 11 is 1.70. The van der Waals surface area contributed by atoms with Crippen molar-refractivity contribution in [2.45, 2.75) is 26.8 Å².